The summed E-state index contributed by atoms with van der Waals surface area (Å²) in [5.74, 6) is -1.08. The second-order valence-electron chi connectivity index (χ2n) is 5.74. The first-order chi connectivity index (χ1) is 8.78. The SMILES string of the molecule is CC(C)(C)OC(=O)N1C[C@@H](C(=O)O)O[C@@H]2COC[C@H]21. The number of aliphatic carboxylic acids is 1. The van der Waals surface area contributed by atoms with Crippen molar-refractivity contribution >= 4 is 12.1 Å². The van der Waals surface area contributed by atoms with Crippen molar-refractivity contribution in [3.63, 3.8) is 0 Å². The summed E-state index contributed by atoms with van der Waals surface area (Å²) < 4.78 is 16.0. The Morgan fingerprint density at radius 1 is 1.32 bits per heavy atom. The summed E-state index contributed by atoms with van der Waals surface area (Å²) in [6.07, 6.45) is -1.96. The monoisotopic (exact) mass is 273 g/mol. The number of hydrogen-bond acceptors (Lipinski definition) is 5. The van der Waals surface area contributed by atoms with E-state index in [9.17, 15) is 9.59 Å². The molecule has 0 saturated carbocycles. The molecule has 7 nitrogen and oxygen atoms in total. The molecule has 0 aromatic carbocycles. The molecule has 0 unspecified atom stereocenters. The molecule has 2 fully saturated rings. The zero-order valence-electron chi connectivity index (χ0n) is 11.3. The van der Waals surface area contributed by atoms with E-state index in [1.807, 2.05) is 0 Å². The van der Waals surface area contributed by atoms with Gasteiger partial charge in [0.15, 0.2) is 6.10 Å². The molecule has 2 aliphatic rings. The van der Waals surface area contributed by atoms with Gasteiger partial charge in [0, 0.05) is 0 Å². The quantitative estimate of drug-likeness (QED) is 0.747. The highest BCUT2D eigenvalue weighted by atomic mass is 16.6. The lowest BCUT2D eigenvalue weighted by molar-refractivity contribution is -0.165. The summed E-state index contributed by atoms with van der Waals surface area (Å²) in [5.41, 5.74) is -0.622. The third-order valence-electron chi connectivity index (χ3n) is 3.01. The van der Waals surface area contributed by atoms with Crippen LogP contribution in [0, 0.1) is 0 Å². The van der Waals surface area contributed by atoms with Gasteiger partial charge in [0.2, 0.25) is 0 Å². The molecule has 1 amide bonds. The average Bonchev–Trinajstić information content (AvgIpc) is 2.72. The number of morpholine rings is 1. The van der Waals surface area contributed by atoms with Crippen LogP contribution >= 0.6 is 0 Å². The number of carbonyl (C=O) groups excluding carboxylic acids is 1. The Hall–Kier alpha value is -1.34. The fraction of sp³-hybridized carbons (Fsp3) is 0.833. The van der Waals surface area contributed by atoms with Gasteiger partial charge in [0.05, 0.1) is 25.8 Å². The number of carboxylic acid groups (broad SMARTS) is 1. The van der Waals surface area contributed by atoms with Crippen LogP contribution in [0.4, 0.5) is 4.79 Å². The molecule has 1 N–H and O–H groups in total. The van der Waals surface area contributed by atoms with Crippen LogP contribution in [0.5, 0.6) is 0 Å². The number of hydrogen-bond donors (Lipinski definition) is 1. The van der Waals surface area contributed by atoms with Gasteiger partial charge in [-0.05, 0) is 20.8 Å². The predicted octanol–water partition coefficient (Wildman–Crippen LogP) is 0.474. The van der Waals surface area contributed by atoms with E-state index in [0.717, 1.165) is 0 Å². The molecule has 2 heterocycles. The number of carboxylic acids is 1. The minimum absolute atomic E-state index is 0.0191. The Balaban J connectivity index is 2.11. The Kier molecular flexibility index (Phi) is 3.69. The molecular formula is C12H19NO6. The smallest absolute Gasteiger partial charge is 0.410 e. The van der Waals surface area contributed by atoms with Gasteiger partial charge >= 0.3 is 12.1 Å². The number of fused-ring (bicyclic) bond motifs is 1. The van der Waals surface area contributed by atoms with E-state index >= 15 is 0 Å². The summed E-state index contributed by atoms with van der Waals surface area (Å²) in [6, 6.07) is -0.273. The van der Waals surface area contributed by atoms with Crippen molar-refractivity contribution in [3.05, 3.63) is 0 Å². The van der Waals surface area contributed by atoms with Crippen LogP contribution < -0.4 is 0 Å². The van der Waals surface area contributed by atoms with Gasteiger partial charge in [0.1, 0.15) is 11.7 Å². The maximum atomic E-state index is 12.1. The normalized spacial score (nSPS) is 30.9. The third-order valence-corrected chi connectivity index (χ3v) is 3.01. The van der Waals surface area contributed by atoms with Gasteiger partial charge in [-0.3, -0.25) is 4.90 Å². The van der Waals surface area contributed by atoms with E-state index in [-0.39, 0.29) is 12.6 Å². The Bertz CT molecular complexity index is 377. The van der Waals surface area contributed by atoms with Crippen molar-refractivity contribution in [2.45, 2.75) is 44.6 Å². The van der Waals surface area contributed by atoms with E-state index in [1.165, 1.54) is 4.90 Å². The van der Waals surface area contributed by atoms with Gasteiger partial charge in [-0.25, -0.2) is 9.59 Å². The van der Waals surface area contributed by atoms with Crippen LogP contribution in [-0.2, 0) is 19.0 Å². The largest absolute Gasteiger partial charge is 0.479 e. The summed E-state index contributed by atoms with van der Waals surface area (Å²) in [5, 5.41) is 9.05. The Labute approximate surface area is 111 Å². The highest BCUT2D eigenvalue weighted by Gasteiger charge is 2.46. The van der Waals surface area contributed by atoms with Gasteiger partial charge in [-0.1, -0.05) is 0 Å². The zero-order chi connectivity index (χ0) is 14.2. The number of carbonyl (C=O) groups is 2. The van der Waals surface area contributed by atoms with Gasteiger partial charge in [-0.15, -0.1) is 0 Å². The first-order valence-corrected chi connectivity index (χ1v) is 6.23. The van der Waals surface area contributed by atoms with Crippen LogP contribution in [0.15, 0.2) is 0 Å². The molecule has 3 atom stereocenters. The van der Waals surface area contributed by atoms with Crippen molar-refractivity contribution in [1.82, 2.24) is 4.90 Å². The van der Waals surface area contributed by atoms with Crippen LogP contribution in [0.25, 0.3) is 0 Å². The lowest BCUT2D eigenvalue weighted by Gasteiger charge is -2.39. The first-order valence-electron chi connectivity index (χ1n) is 6.23. The fourth-order valence-electron chi connectivity index (χ4n) is 2.18. The van der Waals surface area contributed by atoms with E-state index in [4.69, 9.17) is 19.3 Å². The first kappa shape index (κ1) is 14.1. The van der Waals surface area contributed by atoms with E-state index in [0.29, 0.717) is 13.2 Å². The Morgan fingerprint density at radius 3 is 2.58 bits per heavy atom. The van der Waals surface area contributed by atoms with Gasteiger partial charge in [0.25, 0.3) is 0 Å². The molecule has 2 rings (SSSR count). The summed E-state index contributed by atoms with van der Waals surface area (Å²) >= 11 is 0. The molecule has 2 aliphatic heterocycles. The molecule has 19 heavy (non-hydrogen) atoms. The average molecular weight is 273 g/mol. The molecule has 0 aliphatic carbocycles. The van der Waals surface area contributed by atoms with Crippen molar-refractivity contribution in [1.29, 1.82) is 0 Å². The topological polar surface area (TPSA) is 85.3 Å². The lowest BCUT2D eigenvalue weighted by atomic mass is 10.1. The van der Waals surface area contributed by atoms with Crippen LogP contribution in [0.2, 0.25) is 0 Å². The summed E-state index contributed by atoms with van der Waals surface area (Å²) in [7, 11) is 0. The van der Waals surface area contributed by atoms with Crippen LogP contribution in [0.3, 0.4) is 0 Å². The van der Waals surface area contributed by atoms with E-state index < -0.39 is 29.9 Å². The van der Waals surface area contributed by atoms with Crippen molar-refractivity contribution in [3.8, 4) is 0 Å². The highest BCUT2D eigenvalue weighted by molar-refractivity contribution is 5.75. The van der Waals surface area contributed by atoms with E-state index in [1.54, 1.807) is 20.8 Å². The number of rotatable bonds is 1. The maximum absolute atomic E-state index is 12.1. The molecule has 2 saturated heterocycles. The number of nitrogens with zero attached hydrogens (tertiary/aromatic N) is 1. The van der Waals surface area contributed by atoms with Gasteiger partial charge in [-0.2, -0.15) is 0 Å². The molecular weight excluding hydrogens is 254 g/mol. The van der Waals surface area contributed by atoms with Crippen molar-refractivity contribution in [2.75, 3.05) is 19.8 Å². The molecule has 0 aromatic heterocycles. The highest BCUT2D eigenvalue weighted by Crippen LogP contribution is 2.25. The molecule has 7 heteroatoms. The lowest BCUT2D eigenvalue weighted by Crippen LogP contribution is -2.59. The molecule has 0 spiro atoms. The second-order valence-corrected chi connectivity index (χ2v) is 5.74. The molecule has 0 bridgehead atoms. The number of amides is 1. The third kappa shape index (κ3) is 3.16. The molecule has 108 valence electrons. The standard InChI is InChI=1S/C12H19NO6/c1-12(2,3)19-11(16)13-4-8(10(14)15)18-9-6-17-5-7(9)13/h7-9H,4-6H2,1-3H3,(H,14,15)/t7-,8+,9-/m1/s1. The predicted molar refractivity (Wildman–Crippen MR) is 63.8 cm³/mol. The summed E-state index contributed by atoms with van der Waals surface area (Å²) in [6.45, 7) is 5.92. The van der Waals surface area contributed by atoms with Crippen molar-refractivity contribution < 1.29 is 28.9 Å². The van der Waals surface area contributed by atoms with Crippen LogP contribution in [0.1, 0.15) is 20.8 Å². The molecule has 0 radical (unpaired) electrons. The van der Waals surface area contributed by atoms with Crippen LogP contribution in [-0.4, -0.2) is 65.7 Å². The number of ether oxygens (including phenoxy) is 3. The second kappa shape index (κ2) is 4.97. The minimum Gasteiger partial charge on any atom is -0.479 e. The van der Waals surface area contributed by atoms with Crippen molar-refractivity contribution in [2.24, 2.45) is 0 Å². The van der Waals surface area contributed by atoms with Gasteiger partial charge < -0.3 is 19.3 Å². The molecule has 0 aromatic rings. The zero-order valence-corrected chi connectivity index (χ0v) is 11.3. The maximum Gasteiger partial charge on any atom is 0.410 e. The fourth-order valence-corrected chi connectivity index (χ4v) is 2.18. The van der Waals surface area contributed by atoms with E-state index in [2.05, 4.69) is 0 Å². The minimum atomic E-state index is -1.08. The summed E-state index contributed by atoms with van der Waals surface area (Å²) in [4.78, 5) is 24.6. The Morgan fingerprint density at radius 2 is 2.00 bits per heavy atom.